The van der Waals surface area contributed by atoms with E-state index in [1.54, 1.807) is 0 Å². The number of hydrogen-bond acceptors (Lipinski definition) is 2. The normalized spacial score (nSPS) is 11.9. The van der Waals surface area contributed by atoms with Crippen LogP contribution in [0.1, 0.15) is 10.4 Å². The number of nitrogens with zero attached hydrogens (tertiary/aromatic N) is 2. The molecule has 0 saturated heterocycles. The Kier molecular flexibility index (Phi) is 2.53. The summed E-state index contributed by atoms with van der Waals surface area (Å²) in [5.41, 5.74) is 5.23. The summed E-state index contributed by atoms with van der Waals surface area (Å²) < 4.78 is 37.8. The first-order valence-corrected chi connectivity index (χ1v) is 4.69. The molecule has 0 radical (unpaired) electrons. The lowest BCUT2D eigenvalue weighted by Gasteiger charge is -2.07. The Morgan fingerprint density at radius 1 is 1.47 bits per heavy atom. The second-order valence-corrected chi connectivity index (χ2v) is 3.52. The third-order valence-electron chi connectivity index (χ3n) is 2.25. The summed E-state index contributed by atoms with van der Waals surface area (Å²) in [6, 6.07) is 3.04. The molecule has 0 aliphatic rings. The summed E-state index contributed by atoms with van der Waals surface area (Å²) >= 11 is 0. The highest BCUT2D eigenvalue weighted by Crippen LogP contribution is 2.24. The SMILES string of the molecule is NC(=O)c1cn(CC(F)(F)F)c2ncccc12. The maximum absolute atomic E-state index is 12.3. The molecule has 17 heavy (non-hydrogen) atoms. The summed E-state index contributed by atoms with van der Waals surface area (Å²) in [6.07, 6.45) is -1.94. The molecule has 2 aromatic rings. The smallest absolute Gasteiger partial charge is 0.366 e. The van der Waals surface area contributed by atoms with E-state index in [0.717, 1.165) is 10.8 Å². The lowest BCUT2D eigenvalue weighted by atomic mass is 10.2. The molecule has 0 unspecified atom stereocenters. The molecule has 90 valence electrons. The van der Waals surface area contributed by atoms with Gasteiger partial charge in [-0.2, -0.15) is 13.2 Å². The quantitative estimate of drug-likeness (QED) is 0.872. The molecule has 2 rings (SSSR count). The Balaban J connectivity index is 2.61. The summed E-state index contributed by atoms with van der Waals surface area (Å²) in [4.78, 5) is 14.9. The summed E-state index contributed by atoms with van der Waals surface area (Å²) in [6.45, 7) is -1.20. The first-order chi connectivity index (χ1) is 7.88. The lowest BCUT2D eigenvalue weighted by Crippen LogP contribution is -2.17. The minimum atomic E-state index is -4.38. The van der Waals surface area contributed by atoms with E-state index >= 15 is 0 Å². The van der Waals surface area contributed by atoms with Gasteiger partial charge in [-0.1, -0.05) is 0 Å². The van der Waals surface area contributed by atoms with Crippen LogP contribution in [0.2, 0.25) is 0 Å². The first-order valence-electron chi connectivity index (χ1n) is 4.69. The van der Waals surface area contributed by atoms with Crippen molar-refractivity contribution in [2.75, 3.05) is 0 Å². The lowest BCUT2D eigenvalue weighted by molar-refractivity contribution is -0.139. The van der Waals surface area contributed by atoms with Crippen LogP contribution in [0.5, 0.6) is 0 Å². The number of amides is 1. The van der Waals surface area contributed by atoms with Crippen LogP contribution in [-0.4, -0.2) is 21.6 Å². The van der Waals surface area contributed by atoms with Crippen LogP contribution in [0.4, 0.5) is 13.2 Å². The zero-order chi connectivity index (χ0) is 12.6. The van der Waals surface area contributed by atoms with Gasteiger partial charge in [-0.05, 0) is 12.1 Å². The number of aromatic nitrogens is 2. The molecule has 4 nitrogen and oxygen atoms in total. The molecule has 2 N–H and O–H groups in total. The average molecular weight is 243 g/mol. The largest absolute Gasteiger partial charge is 0.406 e. The molecule has 0 aromatic carbocycles. The minimum absolute atomic E-state index is 0.0392. The fourth-order valence-corrected chi connectivity index (χ4v) is 1.63. The highest BCUT2D eigenvalue weighted by atomic mass is 19.4. The van der Waals surface area contributed by atoms with Crippen LogP contribution in [0, 0.1) is 0 Å². The van der Waals surface area contributed by atoms with Crippen molar-refractivity contribution in [2.45, 2.75) is 12.7 Å². The molecule has 0 saturated carbocycles. The van der Waals surface area contributed by atoms with Crippen molar-refractivity contribution >= 4 is 16.9 Å². The van der Waals surface area contributed by atoms with Crippen LogP contribution >= 0.6 is 0 Å². The molecular weight excluding hydrogens is 235 g/mol. The summed E-state index contributed by atoms with van der Waals surface area (Å²) in [7, 11) is 0. The van der Waals surface area contributed by atoms with Gasteiger partial charge in [0.1, 0.15) is 12.2 Å². The fraction of sp³-hybridized carbons (Fsp3) is 0.200. The van der Waals surface area contributed by atoms with E-state index in [2.05, 4.69) is 4.98 Å². The van der Waals surface area contributed by atoms with Crippen LogP contribution in [-0.2, 0) is 6.54 Å². The number of alkyl halides is 3. The Hall–Kier alpha value is -2.05. The van der Waals surface area contributed by atoms with Crippen molar-refractivity contribution in [3.8, 4) is 0 Å². The predicted molar refractivity (Wildman–Crippen MR) is 54.3 cm³/mol. The van der Waals surface area contributed by atoms with Gasteiger partial charge in [0.15, 0.2) is 0 Å². The number of rotatable bonds is 2. The molecule has 0 aliphatic carbocycles. The van der Waals surface area contributed by atoms with E-state index in [4.69, 9.17) is 5.73 Å². The van der Waals surface area contributed by atoms with Crippen molar-refractivity contribution in [3.63, 3.8) is 0 Å². The second kappa shape index (κ2) is 3.76. The van der Waals surface area contributed by atoms with Gasteiger partial charge in [0.2, 0.25) is 0 Å². The molecule has 0 aliphatic heterocycles. The standard InChI is InChI=1S/C10H8F3N3O/c11-10(12,13)5-16-4-7(8(14)17)6-2-1-3-15-9(6)16/h1-4H,5H2,(H2,14,17). The molecule has 2 heterocycles. The van der Waals surface area contributed by atoms with Crippen molar-refractivity contribution < 1.29 is 18.0 Å². The van der Waals surface area contributed by atoms with Gasteiger partial charge in [-0.3, -0.25) is 4.79 Å². The zero-order valence-electron chi connectivity index (χ0n) is 8.53. The number of fused-ring (bicyclic) bond motifs is 1. The second-order valence-electron chi connectivity index (χ2n) is 3.52. The molecule has 0 fully saturated rings. The van der Waals surface area contributed by atoms with E-state index < -0.39 is 18.6 Å². The van der Waals surface area contributed by atoms with E-state index in [9.17, 15) is 18.0 Å². The van der Waals surface area contributed by atoms with Crippen molar-refractivity contribution in [2.24, 2.45) is 5.73 Å². The molecule has 0 bridgehead atoms. The van der Waals surface area contributed by atoms with Gasteiger partial charge in [-0.15, -0.1) is 0 Å². The molecule has 7 heteroatoms. The van der Waals surface area contributed by atoms with Crippen molar-refractivity contribution in [1.82, 2.24) is 9.55 Å². The topological polar surface area (TPSA) is 60.9 Å². The van der Waals surface area contributed by atoms with E-state index in [-0.39, 0.29) is 11.2 Å². The third-order valence-corrected chi connectivity index (χ3v) is 2.25. The van der Waals surface area contributed by atoms with Crippen LogP contribution in [0.3, 0.4) is 0 Å². The number of pyridine rings is 1. The Bertz CT molecular complexity index is 574. The number of primary amides is 1. The van der Waals surface area contributed by atoms with Gasteiger partial charge in [0.05, 0.1) is 5.56 Å². The number of carbonyl (C=O) groups excluding carboxylic acids is 1. The first kappa shape index (κ1) is 11.4. The highest BCUT2D eigenvalue weighted by molar-refractivity contribution is 6.05. The van der Waals surface area contributed by atoms with Crippen LogP contribution in [0.25, 0.3) is 11.0 Å². The third kappa shape index (κ3) is 2.22. The minimum Gasteiger partial charge on any atom is -0.366 e. The average Bonchev–Trinajstić information content (AvgIpc) is 2.55. The maximum Gasteiger partial charge on any atom is 0.406 e. The number of nitrogens with two attached hydrogens (primary N) is 1. The Morgan fingerprint density at radius 3 is 2.76 bits per heavy atom. The van der Waals surface area contributed by atoms with E-state index in [1.807, 2.05) is 0 Å². The molecule has 0 atom stereocenters. The predicted octanol–water partition coefficient (Wildman–Crippen LogP) is 1.70. The Morgan fingerprint density at radius 2 is 2.18 bits per heavy atom. The molecular formula is C10H8F3N3O. The van der Waals surface area contributed by atoms with Gasteiger partial charge >= 0.3 is 6.18 Å². The van der Waals surface area contributed by atoms with Gasteiger partial charge < -0.3 is 10.3 Å². The van der Waals surface area contributed by atoms with E-state index in [0.29, 0.717) is 5.39 Å². The van der Waals surface area contributed by atoms with Gasteiger partial charge in [-0.25, -0.2) is 4.98 Å². The number of hydrogen-bond donors (Lipinski definition) is 1. The fourth-order valence-electron chi connectivity index (χ4n) is 1.63. The number of carbonyl (C=O) groups is 1. The zero-order valence-corrected chi connectivity index (χ0v) is 8.53. The molecule has 0 spiro atoms. The molecule has 1 amide bonds. The number of halogens is 3. The molecule has 2 aromatic heterocycles. The summed E-state index contributed by atoms with van der Waals surface area (Å²) in [5, 5.41) is 0.323. The summed E-state index contributed by atoms with van der Waals surface area (Å²) in [5.74, 6) is -0.774. The van der Waals surface area contributed by atoms with Gasteiger partial charge in [0.25, 0.3) is 5.91 Å². The Labute approximate surface area is 93.8 Å². The highest BCUT2D eigenvalue weighted by Gasteiger charge is 2.29. The monoisotopic (exact) mass is 243 g/mol. The van der Waals surface area contributed by atoms with Crippen molar-refractivity contribution in [1.29, 1.82) is 0 Å². The van der Waals surface area contributed by atoms with Crippen molar-refractivity contribution in [3.05, 3.63) is 30.1 Å². The van der Waals surface area contributed by atoms with Crippen LogP contribution in [0.15, 0.2) is 24.5 Å². The van der Waals surface area contributed by atoms with Gasteiger partial charge in [0, 0.05) is 17.8 Å². The van der Waals surface area contributed by atoms with E-state index in [1.165, 1.54) is 18.3 Å². The van der Waals surface area contributed by atoms with Crippen LogP contribution < -0.4 is 5.73 Å². The maximum atomic E-state index is 12.3.